The summed E-state index contributed by atoms with van der Waals surface area (Å²) in [6.07, 6.45) is 4.40. The van der Waals surface area contributed by atoms with Gasteiger partial charge in [-0.3, -0.25) is 4.79 Å². The van der Waals surface area contributed by atoms with Crippen LogP contribution in [0.3, 0.4) is 0 Å². The van der Waals surface area contributed by atoms with E-state index in [4.69, 9.17) is 0 Å². The van der Waals surface area contributed by atoms with E-state index in [9.17, 15) is 13.2 Å². The van der Waals surface area contributed by atoms with Gasteiger partial charge in [-0.1, -0.05) is 17.8 Å². The molecule has 2 heterocycles. The fourth-order valence-corrected chi connectivity index (χ4v) is 5.36. The van der Waals surface area contributed by atoms with Crippen molar-refractivity contribution in [2.75, 3.05) is 11.5 Å². The summed E-state index contributed by atoms with van der Waals surface area (Å²) in [5, 5.41) is 11.7. The predicted molar refractivity (Wildman–Crippen MR) is 92.7 cm³/mol. The molecule has 1 N–H and O–H groups in total. The van der Waals surface area contributed by atoms with Crippen molar-refractivity contribution in [3.63, 3.8) is 0 Å². The van der Waals surface area contributed by atoms with Gasteiger partial charge in [-0.05, 0) is 26.2 Å². The highest BCUT2D eigenvalue weighted by Crippen LogP contribution is 2.31. The standard InChI is InChI=1S/C15H22N4O3S2/c1-3-7-19-13(11-6-8-24(21,22)9-11)17-18-15(19)23-10(2)14(20)16-12-4-5-12/h3,10-12H,1,4-9H2,2H3,(H,16,20)/t10-,11+/m0/s1. The van der Waals surface area contributed by atoms with Crippen molar-refractivity contribution in [3.8, 4) is 0 Å². The average molecular weight is 371 g/mol. The molecule has 2 atom stereocenters. The zero-order valence-electron chi connectivity index (χ0n) is 13.6. The topological polar surface area (TPSA) is 93.9 Å². The molecule has 0 unspecified atom stereocenters. The third-order valence-electron chi connectivity index (χ3n) is 4.23. The van der Waals surface area contributed by atoms with E-state index in [2.05, 4.69) is 22.1 Å². The van der Waals surface area contributed by atoms with Gasteiger partial charge in [-0.25, -0.2) is 8.42 Å². The van der Waals surface area contributed by atoms with Crippen LogP contribution in [-0.2, 0) is 21.2 Å². The Kier molecular flexibility index (Phi) is 5.00. The minimum Gasteiger partial charge on any atom is -0.352 e. The summed E-state index contributed by atoms with van der Waals surface area (Å²) in [6.45, 7) is 6.09. The van der Waals surface area contributed by atoms with E-state index in [1.807, 2.05) is 11.5 Å². The minimum atomic E-state index is -2.99. The lowest BCUT2D eigenvalue weighted by atomic mass is 10.1. The van der Waals surface area contributed by atoms with Crippen molar-refractivity contribution in [1.29, 1.82) is 0 Å². The van der Waals surface area contributed by atoms with E-state index < -0.39 is 9.84 Å². The Morgan fingerprint density at radius 2 is 2.21 bits per heavy atom. The van der Waals surface area contributed by atoms with Crippen LogP contribution in [-0.4, -0.2) is 51.9 Å². The number of nitrogens with zero attached hydrogens (tertiary/aromatic N) is 3. The normalized spacial score (nSPS) is 23.8. The molecule has 132 valence electrons. The molecule has 0 radical (unpaired) electrons. The SMILES string of the molecule is C=CCn1c(S[C@@H](C)C(=O)NC2CC2)nnc1[C@@H]1CCS(=O)(=O)C1. The highest BCUT2D eigenvalue weighted by Gasteiger charge is 2.34. The summed E-state index contributed by atoms with van der Waals surface area (Å²) in [5.41, 5.74) is 0. The van der Waals surface area contributed by atoms with E-state index in [0.717, 1.165) is 12.8 Å². The maximum Gasteiger partial charge on any atom is 0.233 e. The summed E-state index contributed by atoms with van der Waals surface area (Å²) < 4.78 is 25.3. The van der Waals surface area contributed by atoms with Gasteiger partial charge in [0.1, 0.15) is 5.82 Å². The molecule has 7 nitrogen and oxygen atoms in total. The molecule has 2 fully saturated rings. The van der Waals surface area contributed by atoms with Gasteiger partial charge in [-0.15, -0.1) is 16.8 Å². The second-order valence-electron chi connectivity index (χ2n) is 6.38. The number of amides is 1. The van der Waals surface area contributed by atoms with Crippen LogP contribution in [0.5, 0.6) is 0 Å². The van der Waals surface area contributed by atoms with Crippen LogP contribution < -0.4 is 5.32 Å². The molecule has 0 aromatic carbocycles. The largest absolute Gasteiger partial charge is 0.352 e. The molecule has 0 bridgehead atoms. The first-order valence-corrected chi connectivity index (χ1v) is 10.8. The zero-order chi connectivity index (χ0) is 17.3. The Labute approximate surface area is 146 Å². The number of allylic oxidation sites excluding steroid dienone is 1. The zero-order valence-corrected chi connectivity index (χ0v) is 15.3. The first kappa shape index (κ1) is 17.5. The monoisotopic (exact) mass is 370 g/mol. The van der Waals surface area contributed by atoms with Crippen LogP contribution in [0.4, 0.5) is 0 Å². The van der Waals surface area contributed by atoms with Crippen molar-refractivity contribution in [2.45, 2.75) is 55.1 Å². The van der Waals surface area contributed by atoms with Crippen molar-refractivity contribution in [2.24, 2.45) is 0 Å². The van der Waals surface area contributed by atoms with Gasteiger partial charge < -0.3 is 9.88 Å². The fourth-order valence-electron chi connectivity index (χ4n) is 2.75. The number of carbonyl (C=O) groups is 1. The van der Waals surface area contributed by atoms with Crippen LogP contribution in [0.15, 0.2) is 17.8 Å². The maximum atomic E-state index is 12.1. The van der Waals surface area contributed by atoms with Crippen LogP contribution in [0.1, 0.15) is 37.9 Å². The number of aromatic nitrogens is 3. The lowest BCUT2D eigenvalue weighted by Gasteiger charge is -2.14. The summed E-state index contributed by atoms with van der Waals surface area (Å²) in [7, 11) is -2.99. The Hall–Kier alpha value is -1.35. The number of thioether (sulfide) groups is 1. The van der Waals surface area contributed by atoms with Gasteiger partial charge in [0.2, 0.25) is 5.91 Å². The van der Waals surface area contributed by atoms with Crippen molar-refractivity contribution in [3.05, 3.63) is 18.5 Å². The number of sulfone groups is 1. The molecule has 1 aromatic rings. The van der Waals surface area contributed by atoms with E-state index >= 15 is 0 Å². The highest BCUT2D eigenvalue weighted by molar-refractivity contribution is 8.00. The first-order chi connectivity index (χ1) is 11.4. The van der Waals surface area contributed by atoms with Gasteiger partial charge in [0, 0.05) is 18.5 Å². The second-order valence-corrected chi connectivity index (χ2v) is 9.92. The molecular weight excluding hydrogens is 348 g/mol. The Bertz CT molecular complexity index is 740. The molecule has 2 aliphatic rings. The van der Waals surface area contributed by atoms with Gasteiger partial charge >= 0.3 is 0 Å². The Morgan fingerprint density at radius 3 is 2.79 bits per heavy atom. The van der Waals surface area contributed by atoms with E-state index in [1.165, 1.54) is 11.8 Å². The molecule has 0 spiro atoms. The Morgan fingerprint density at radius 1 is 1.46 bits per heavy atom. The molecule has 9 heteroatoms. The van der Waals surface area contributed by atoms with Crippen molar-refractivity contribution >= 4 is 27.5 Å². The first-order valence-electron chi connectivity index (χ1n) is 8.11. The van der Waals surface area contributed by atoms with Crippen LogP contribution in [0.2, 0.25) is 0 Å². The van der Waals surface area contributed by atoms with Crippen LogP contribution in [0.25, 0.3) is 0 Å². The quantitative estimate of drug-likeness (QED) is 0.571. The molecule has 1 aliphatic heterocycles. The molecule has 1 saturated heterocycles. The van der Waals surface area contributed by atoms with E-state index in [0.29, 0.717) is 30.0 Å². The number of rotatable bonds is 7. The molecule has 1 aliphatic carbocycles. The van der Waals surface area contributed by atoms with E-state index in [-0.39, 0.29) is 28.6 Å². The Balaban J connectivity index is 1.75. The molecule has 1 aromatic heterocycles. The summed E-state index contributed by atoms with van der Waals surface area (Å²) in [6, 6.07) is 0.325. The average Bonchev–Trinajstić information content (AvgIpc) is 3.14. The van der Waals surface area contributed by atoms with Gasteiger partial charge in [0.15, 0.2) is 15.0 Å². The predicted octanol–water partition coefficient (Wildman–Crippen LogP) is 1.13. The highest BCUT2D eigenvalue weighted by atomic mass is 32.2. The molecule has 1 amide bonds. The third-order valence-corrected chi connectivity index (χ3v) is 7.08. The molecular formula is C15H22N4O3S2. The van der Waals surface area contributed by atoms with Gasteiger partial charge in [-0.2, -0.15) is 0 Å². The van der Waals surface area contributed by atoms with Gasteiger partial charge in [0.25, 0.3) is 0 Å². The number of hydrogen-bond acceptors (Lipinski definition) is 6. The second kappa shape index (κ2) is 6.87. The maximum absolute atomic E-state index is 12.1. The molecule has 24 heavy (non-hydrogen) atoms. The van der Waals surface area contributed by atoms with Crippen molar-refractivity contribution in [1.82, 2.24) is 20.1 Å². The number of hydrogen-bond donors (Lipinski definition) is 1. The third kappa shape index (κ3) is 4.00. The summed E-state index contributed by atoms with van der Waals surface area (Å²) in [5.74, 6) is 0.854. The number of nitrogens with one attached hydrogen (secondary N) is 1. The van der Waals surface area contributed by atoms with Crippen LogP contribution >= 0.6 is 11.8 Å². The van der Waals surface area contributed by atoms with Crippen LogP contribution in [0, 0.1) is 0 Å². The molecule has 3 rings (SSSR count). The summed E-state index contributed by atoms with van der Waals surface area (Å²) >= 11 is 1.35. The van der Waals surface area contributed by atoms with Crippen molar-refractivity contribution < 1.29 is 13.2 Å². The smallest absolute Gasteiger partial charge is 0.233 e. The van der Waals surface area contributed by atoms with E-state index in [1.54, 1.807) is 6.08 Å². The molecule has 1 saturated carbocycles. The lowest BCUT2D eigenvalue weighted by Crippen LogP contribution is -2.32. The fraction of sp³-hybridized carbons (Fsp3) is 0.667. The summed E-state index contributed by atoms with van der Waals surface area (Å²) in [4.78, 5) is 12.1. The number of carbonyl (C=O) groups excluding carboxylic acids is 1. The lowest BCUT2D eigenvalue weighted by molar-refractivity contribution is -0.120. The van der Waals surface area contributed by atoms with Gasteiger partial charge in [0.05, 0.1) is 16.8 Å². The minimum absolute atomic E-state index is 0.000599.